The molecule has 6 heteroatoms. The van der Waals surface area contributed by atoms with Crippen LogP contribution >= 0.6 is 11.6 Å². The van der Waals surface area contributed by atoms with E-state index in [0.29, 0.717) is 21.9 Å². The van der Waals surface area contributed by atoms with Crippen LogP contribution in [0.5, 0.6) is 5.75 Å². The third kappa shape index (κ3) is 4.74. The fraction of sp³-hybridized carbons (Fsp3) is 0.0968. The van der Waals surface area contributed by atoms with Crippen LogP contribution in [0.1, 0.15) is 32.6 Å². The molecule has 5 rings (SSSR count). The Morgan fingerprint density at radius 3 is 2.22 bits per heavy atom. The zero-order chi connectivity index (χ0) is 25.9. The first-order chi connectivity index (χ1) is 18.0. The van der Waals surface area contributed by atoms with Gasteiger partial charge < -0.3 is 14.4 Å². The average Bonchev–Trinajstić information content (AvgIpc) is 3.20. The van der Waals surface area contributed by atoms with Crippen LogP contribution in [0.25, 0.3) is 11.1 Å². The molecule has 1 heterocycles. The molecule has 0 aromatic heterocycles. The van der Waals surface area contributed by atoms with Gasteiger partial charge in [-0.05, 0) is 59.2 Å². The van der Waals surface area contributed by atoms with Gasteiger partial charge in [-0.1, -0.05) is 66.2 Å². The number of hydrogen-bond acceptors (Lipinski definition) is 4. The van der Waals surface area contributed by atoms with Crippen LogP contribution in [0, 0.1) is 0 Å². The number of benzene rings is 4. The first-order valence-electron chi connectivity index (χ1n) is 11.7. The van der Waals surface area contributed by atoms with E-state index in [0.717, 1.165) is 33.5 Å². The number of hydrogen-bond donors (Lipinski definition) is 0. The number of carbonyl (C=O) groups is 2. The van der Waals surface area contributed by atoms with E-state index in [1.54, 1.807) is 30.2 Å². The van der Waals surface area contributed by atoms with Crippen LogP contribution in [-0.2, 0) is 16.1 Å². The van der Waals surface area contributed by atoms with E-state index in [1.165, 1.54) is 7.11 Å². The van der Waals surface area contributed by atoms with Crippen molar-refractivity contribution >= 4 is 40.3 Å². The van der Waals surface area contributed by atoms with Crippen LogP contribution in [0.4, 0.5) is 5.69 Å². The lowest BCUT2D eigenvalue weighted by molar-refractivity contribution is -0.113. The molecule has 0 unspecified atom stereocenters. The number of fused-ring (bicyclic) bond motifs is 1. The standard InChI is InChI=1S/C31H24ClNO4/c1-36-25-15-16-27-26(18-25)29(28(21-8-4-3-5-9-21)22-11-13-24(32)14-12-22)30(34)33(27)19-20-7-6-10-23(17-20)31(35)37-2/h3-18H,19H2,1-2H3. The van der Waals surface area contributed by atoms with Gasteiger partial charge >= 0.3 is 5.97 Å². The van der Waals surface area contributed by atoms with E-state index in [-0.39, 0.29) is 12.5 Å². The summed E-state index contributed by atoms with van der Waals surface area (Å²) in [6.07, 6.45) is 0. The SMILES string of the molecule is COC(=O)c1cccc(CN2C(=O)C(=C(c3ccccc3)c3ccc(Cl)cc3)c3cc(OC)ccc32)c1. The highest BCUT2D eigenvalue weighted by atomic mass is 35.5. The number of amides is 1. The van der Waals surface area contributed by atoms with Crippen LogP contribution in [0.15, 0.2) is 97.1 Å². The van der Waals surface area contributed by atoms with Gasteiger partial charge in [-0.25, -0.2) is 4.79 Å². The fourth-order valence-electron chi connectivity index (χ4n) is 4.61. The van der Waals surface area contributed by atoms with Crippen molar-refractivity contribution in [3.05, 3.63) is 130 Å². The molecule has 0 fully saturated rings. The van der Waals surface area contributed by atoms with E-state index in [9.17, 15) is 9.59 Å². The molecule has 1 aliphatic rings. The van der Waals surface area contributed by atoms with Crippen LogP contribution in [0.3, 0.4) is 0 Å². The van der Waals surface area contributed by atoms with Crippen molar-refractivity contribution in [1.82, 2.24) is 0 Å². The summed E-state index contributed by atoms with van der Waals surface area (Å²) in [5.74, 6) is 0.0945. The fourth-order valence-corrected chi connectivity index (χ4v) is 4.74. The Morgan fingerprint density at radius 1 is 0.811 bits per heavy atom. The van der Waals surface area contributed by atoms with Gasteiger partial charge in [-0.3, -0.25) is 4.79 Å². The topological polar surface area (TPSA) is 55.8 Å². The van der Waals surface area contributed by atoms with Crippen LogP contribution in [-0.4, -0.2) is 26.1 Å². The van der Waals surface area contributed by atoms with E-state index in [1.807, 2.05) is 78.9 Å². The first kappa shape index (κ1) is 24.3. The summed E-state index contributed by atoms with van der Waals surface area (Å²) in [7, 11) is 2.96. The summed E-state index contributed by atoms with van der Waals surface area (Å²) in [6, 6.07) is 30.1. The first-order valence-corrected chi connectivity index (χ1v) is 12.1. The lowest BCUT2D eigenvalue weighted by atomic mass is 9.90. The van der Waals surface area contributed by atoms with Crippen molar-refractivity contribution in [3.8, 4) is 5.75 Å². The van der Waals surface area contributed by atoms with E-state index >= 15 is 0 Å². The highest BCUT2D eigenvalue weighted by molar-refractivity contribution is 6.39. The molecule has 0 atom stereocenters. The largest absolute Gasteiger partial charge is 0.497 e. The minimum atomic E-state index is -0.422. The lowest BCUT2D eigenvalue weighted by Crippen LogP contribution is -2.26. The van der Waals surface area contributed by atoms with Gasteiger partial charge in [-0.15, -0.1) is 0 Å². The predicted molar refractivity (Wildman–Crippen MR) is 146 cm³/mol. The second-order valence-electron chi connectivity index (χ2n) is 8.59. The van der Waals surface area contributed by atoms with Crippen molar-refractivity contribution in [1.29, 1.82) is 0 Å². The van der Waals surface area contributed by atoms with Crippen molar-refractivity contribution in [2.24, 2.45) is 0 Å². The average molecular weight is 510 g/mol. The normalized spacial score (nSPS) is 13.8. The second-order valence-corrected chi connectivity index (χ2v) is 9.03. The maximum atomic E-state index is 14.2. The molecule has 4 aromatic rings. The van der Waals surface area contributed by atoms with E-state index in [4.69, 9.17) is 21.1 Å². The molecule has 0 aliphatic carbocycles. The second kappa shape index (κ2) is 10.3. The van der Waals surface area contributed by atoms with E-state index in [2.05, 4.69) is 0 Å². The molecule has 0 radical (unpaired) electrons. The quantitative estimate of drug-likeness (QED) is 0.216. The summed E-state index contributed by atoms with van der Waals surface area (Å²) < 4.78 is 10.4. The highest BCUT2D eigenvalue weighted by Crippen LogP contribution is 2.45. The molecule has 4 aromatic carbocycles. The van der Waals surface area contributed by atoms with Crippen LogP contribution in [0.2, 0.25) is 5.02 Å². The minimum Gasteiger partial charge on any atom is -0.497 e. The van der Waals surface area contributed by atoms with Gasteiger partial charge in [0.25, 0.3) is 5.91 Å². The third-order valence-electron chi connectivity index (χ3n) is 6.36. The third-order valence-corrected chi connectivity index (χ3v) is 6.61. The summed E-state index contributed by atoms with van der Waals surface area (Å²) in [4.78, 5) is 28.0. The molecule has 0 saturated heterocycles. The molecule has 1 aliphatic heterocycles. The zero-order valence-corrected chi connectivity index (χ0v) is 21.2. The van der Waals surface area contributed by atoms with Gasteiger partial charge in [0, 0.05) is 16.2 Å². The summed E-state index contributed by atoms with van der Waals surface area (Å²) >= 11 is 6.19. The maximum absolute atomic E-state index is 14.2. The van der Waals surface area contributed by atoms with Gasteiger partial charge in [0.2, 0.25) is 0 Å². The number of rotatable bonds is 6. The molecule has 0 bridgehead atoms. The number of methoxy groups -OCH3 is 2. The molecular formula is C31H24ClNO4. The Kier molecular flexibility index (Phi) is 6.80. The maximum Gasteiger partial charge on any atom is 0.337 e. The number of anilines is 1. The van der Waals surface area contributed by atoms with Gasteiger partial charge in [0.15, 0.2) is 0 Å². The number of nitrogens with zero attached hydrogens (tertiary/aromatic N) is 1. The van der Waals surface area contributed by atoms with Crippen LogP contribution < -0.4 is 9.64 Å². The van der Waals surface area contributed by atoms with Gasteiger partial charge in [-0.2, -0.15) is 0 Å². The molecule has 1 amide bonds. The monoisotopic (exact) mass is 509 g/mol. The summed E-state index contributed by atoms with van der Waals surface area (Å²) in [6.45, 7) is 0.287. The Bertz CT molecular complexity index is 1510. The zero-order valence-electron chi connectivity index (χ0n) is 20.4. The Labute approximate surface area is 220 Å². The number of ether oxygens (including phenoxy) is 2. The molecule has 37 heavy (non-hydrogen) atoms. The van der Waals surface area contributed by atoms with Crippen molar-refractivity contribution < 1.29 is 19.1 Å². The number of esters is 1. The number of halogens is 1. The summed E-state index contributed by atoms with van der Waals surface area (Å²) in [5.41, 5.74) is 5.97. The van der Waals surface area contributed by atoms with Gasteiger partial charge in [0.1, 0.15) is 5.75 Å². The summed E-state index contributed by atoms with van der Waals surface area (Å²) in [5, 5.41) is 0.619. The smallest absolute Gasteiger partial charge is 0.337 e. The molecule has 0 N–H and O–H groups in total. The molecular weight excluding hydrogens is 486 g/mol. The van der Waals surface area contributed by atoms with Crippen molar-refractivity contribution in [2.75, 3.05) is 19.1 Å². The minimum absolute atomic E-state index is 0.138. The molecule has 5 nitrogen and oxygen atoms in total. The molecule has 0 saturated carbocycles. The molecule has 184 valence electrons. The molecule has 0 spiro atoms. The van der Waals surface area contributed by atoms with Crippen molar-refractivity contribution in [2.45, 2.75) is 6.54 Å². The van der Waals surface area contributed by atoms with Gasteiger partial charge in [0.05, 0.1) is 37.6 Å². The Morgan fingerprint density at radius 2 is 1.51 bits per heavy atom. The predicted octanol–water partition coefficient (Wildman–Crippen LogP) is 6.64. The Hall–Kier alpha value is -4.35. The highest BCUT2D eigenvalue weighted by Gasteiger charge is 2.36. The van der Waals surface area contributed by atoms with Crippen molar-refractivity contribution in [3.63, 3.8) is 0 Å². The number of carbonyl (C=O) groups excluding carboxylic acids is 2. The Balaban J connectivity index is 1.70. The van der Waals surface area contributed by atoms with E-state index < -0.39 is 5.97 Å². The lowest BCUT2D eigenvalue weighted by Gasteiger charge is -2.18.